The van der Waals surface area contributed by atoms with Crippen molar-refractivity contribution in [3.63, 3.8) is 0 Å². The Labute approximate surface area is 96.5 Å². The molecule has 0 aliphatic carbocycles. The highest BCUT2D eigenvalue weighted by Crippen LogP contribution is 2.10. The molecule has 0 N–H and O–H groups in total. The molecular formula is C12H17N3O. The van der Waals surface area contributed by atoms with Crippen LogP contribution < -0.4 is 4.90 Å². The summed E-state index contributed by atoms with van der Waals surface area (Å²) in [5.74, 6) is 0.890. The number of rotatable bonds is 6. The van der Waals surface area contributed by atoms with Gasteiger partial charge in [0.05, 0.1) is 12.2 Å². The van der Waals surface area contributed by atoms with Crippen molar-refractivity contribution in [1.82, 2.24) is 4.98 Å². The number of hydrogen-bond acceptors (Lipinski definition) is 4. The summed E-state index contributed by atoms with van der Waals surface area (Å²) in [4.78, 5) is 6.37. The summed E-state index contributed by atoms with van der Waals surface area (Å²) in [7, 11) is 0. The van der Waals surface area contributed by atoms with Gasteiger partial charge in [0, 0.05) is 25.9 Å². The van der Waals surface area contributed by atoms with Crippen LogP contribution in [0.25, 0.3) is 0 Å². The summed E-state index contributed by atoms with van der Waals surface area (Å²) < 4.78 is 5.31. The van der Waals surface area contributed by atoms with E-state index < -0.39 is 0 Å². The Morgan fingerprint density at radius 2 is 2.25 bits per heavy atom. The Bertz CT molecular complexity index is 342. The number of likely N-dealkylation sites (N-methyl/N-ethyl adjacent to an activating group) is 1. The van der Waals surface area contributed by atoms with Crippen molar-refractivity contribution in [2.45, 2.75) is 13.8 Å². The largest absolute Gasteiger partial charge is 0.380 e. The van der Waals surface area contributed by atoms with Crippen molar-refractivity contribution >= 4 is 5.82 Å². The SMILES string of the molecule is CCOCCN(CC)c1ccc(C#N)cn1. The van der Waals surface area contributed by atoms with Gasteiger partial charge >= 0.3 is 0 Å². The Hall–Kier alpha value is -1.60. The van der Waals surface area contributed by atoms with Gasteiger partial charge in [0.15, 0.2) is 0 Å². The van der Waals surface area contributed by atoms with Gasteiger partial charge in [0.2, 0.25) is 0 Å². The van der Waals surface area contributed by atoms with Gasteiger partial charge in [-0.25, -0.2) is 4.98 Å². The summed E-state index contributed by atoms with van der Waals surface area (Å²) in [5, 5.41) is 8.67. The standard InChI is InChI=1S/C12H17N3O/c1-3-15(7-8-16-4-2)12-6-5-11(9-13)10-14-12/h5-6,10H,3-4,7-8H2,1-2H3. The van der Waals surface area contributed by atoms with Gasteiger partial charge < -0.3 is 9.64 Å². The first-order valence-corrected chi connectivity index (χ1v) is 5.50. The lowest BCUT2D eigenvalue weighted by Gasteiger charge is -2.21. The molecule has 4 heteroatoms. The van der Waals surface area contributed by atoms with Gasteiger partial charge in [-0.2, -0.15) is 5.26 Å². The minimum atomic E-state index is 0.588. The highest BCUT2D eigenvalue weighted by Gasteiger charge is 2.04. The average molecular weight is 219 g/mol. The highest BCUT2D eigenvalue weighted by atomic mass is 16.5. The molecule has 0 aliphatic heterocycles. The second-order valence-electron chi connectivity index (χ2n) is 3.29. The van der Waals surface area contributed by atoms with Crippen LogP contribution >= 0.6 is 0 Å². The lowest BCUT2D eigenvalue weighted by molar-refractivity contribution is 0.154. The maximum absolute atomic E-state index is 8.67. The molecule has 1 heterocycles. The molecule has 0 atom stereocenters. The molecule has 0 saturated heterocycles. The number of anilines is 1. The van der Waals surface area contributed by atoms with Gasteiger partial charge in [-0.15, -0.1) is 0 Å². The van der Waals surface area contributed by atoms with Crippen molar-refractivity contribution in [3.05, 3.63) is 23.9 Å². The molecule has 0 radical (unpaired) electrons. The molecule has 0 bridgehead atoms. The highest BCUT2D eigenvalue weighted by molar-refractivity contribution is 5.41. The molecule has 0 spiro atoms. The van der Waals surface area contributed by atoms with E-state index in [0.717, 1.165) is 25.5 Å². The van der Waals surface area contributed by atoms with Gasteiger partial charge in [0.25, 0.3) is 0 Å². The monoisotopic (exact) mass is 219 g/mol. The van der Waals surface area contributed by atoms with E-state index in [0.29, 0.717) is 12.2 Å². The summed E-state index contributed by atoms with van der Waals surface area (Å²) in [5.41, 5.74) is 0.588. The lowest BCUT2D eigenvalue weighted by atomic mass is 10.3. The first-order chi connectivity index (χ1) is 7.81. The Morgan fingerprint density at radius 1 is 1.44 bits per heavy atom. The van der Waals surface area contributed by atoms with Crippen LogP contribution in [-0.2, 0) is 4.74 Å². The number of hydrogen-bond donors (Lipinski definition) is 0. The number of nitriles is 1. The van der Waals surface area contributed by atoms with E-state index in [9.17, 15) is 0 Å². The molecule has 4 nitrogen and oxygen atoms in total. The number of nitrogens with zero attached hydrogens (tertiary/aromatic N) is 3. The fourth-order valence-corrected chi connectivity index (χ4v) is 1.39. The molecule has 1 rings (SSSR count). The van der Waals surface area contributed by atoms with Gasteiger partial charge in [0.1, 0.15) is 11.9 Å². The predicted molar refractivity (Wildman–Crippen MR) is 63.3 cm³/mol. The van der Waals surface area contributed by atoms with Crippen LogP contribution in [0.15, 0.2) is 18.3 Å². The normalized spacial score (nSPS) is 9.81. The number of aromatic nitrogens is 1. The number of ether oxygens (including phenoxy) is 1. The Kier molecular flexibility index (Phi) is 5.30. The van der Waals surface area contributed by atoms with Gasteiger partial charge in [-0.1, -0.05) is 0 Å². The van der Waals surface area contributed by atoms with Crippen molar-refractivity contribution < 1.29 is 4.74 Å². The minimum absolute atomic E-state index is 0.588. The van der Waals surface area contributed by atoms with Crippen molar-refractivity contribution in [2.24, 2.45) is 0 Å². The second-order valence-corrected chi connectivity index (χ2v) is 3.29. The van der Waals surface area contributed by atoms with E-state index in [2.05, 4.69) is 22.9 Å². The summed E-state index contributed by atoms with van der Waals surface area (Å²) in [6, 6.07) is 5.71. The molecule has 0 aliphatic rings. The molecule has 0 amide bonds. The average Bonchev–Trinajstić information content (AvgIpc) is 2.35. The van der Waals surface area contributed by atoms with E-state index in [1.54, 1.807) is 12.3 Å². The molecule has 86 valence electrons. The van der Waals surface area contributed by atoms with E-state index in [-0.39, 0.29) is 0 Å². The number of pyridine rings is 1. The van der Waals surface area contributed by atoms with Crippen molar-refractivity contribution in [1.29, 1.82) is 5.26 Å². The van der Waals surface area contributed by atoms with E-state index in [1.165, 1.54) is 0 Å². The summed E-state index contributed by atoms with van der Waals surface area (Å²) in [6.07, 6.45) is 1.60. The molecule has 0 fully saturated rings. The molecule has 0 unspecified atom stereocenters. The zero-order valence-electron chi connectivity index (χ0n) is 9.81. The van der Waals surface area contributed by atoms with Crippen LogP contribution in [0.2, 0.25) is 0 Å². The van der Waals surface area contributed by atoms with Gasteiger partial charge in [-0.05, 0) is 26.0 Å². The fourth-order valence-electron chi connectivity index (χ4n) is 1.39. The third kappa shape index (κ3) is 3.52. The van der Waals surface area contributed by atoms with Crippen LogP contribution in [0.4, 0.5) is 5.82 Å². The molecule has 16 heavy (non-hydrogen) atoms. The Balaban J connectivity index is 2.60. The third-order valence-corrected chi connectivity index (χ3v) is 2.29. The molecular weight excluding hydrogens is 202 g/mol. The van der Waals surface area contributed by atoms with E-state index >= 15 is 0 Å². The van der Waals surface area contributed by atoms with E-state index in [4.69, 9.17) is 10.00 Å². The fraction of sp³-hybridized carbons (Fsp3) is 0.500. The Morgan fingerprint density at radius 3 is 2.75 bits per heavy atom. The maximum Gasteiger partial charge on any atom is 0.128 e. The zero-order valence-corrected chi connectivity index (χ0v) is 9.81. The van der Waals surface area contributed by atoms with Crippen molar-refractivity contribution in [3.8, 4) is 6.07 Å². The second kappa shape index (κ2) is 6.81. The summed E-state index contributed by atoms with van der Waals surface area (Å²) >= 11 is 0. The van der Waals surface area contributed by atoms with Crippen LogP contribution in [0.5, 0.6) is 0 Å². The molecule has 0 aromatic carbocycles. The molecule has 1 aromatic rings. The third-order valence-electron chi connectivity index (χ3n) is 2.29. The topological polar surface area (TPSA) is 49.1 Å². The zero-order chi connectivity index (χ0) is 11.8. The smallest absolute Gasteiger partial charge is 0.128 e. The van der Waals surface area contributed by atoms with E-state index in [1.807, 2.05) is 13.0 Å². The lowest BCUT2D eigenvalue weighted by Crippen LogP contribution is -2.27. The first kappa shape index (κ1) is 12.5. The van der Waals surface area contributed by atoms with Crippen LogP contribution in [0, 0.1) is 11.3 Å². The summed E-state index contributed by atoms with van der Waals surface area (Å²) in [6.45, 7) is 7.20. The first-order valence-electron chi connectivity index (χ1n) is 5.50. The van der Waals surface area contributed by atoms with Crippen LogP contribution in [-0.4, -0.2) is 31.3 Å². The maximum atomic E-state index is 8.67. The molecule has 0 saturated carbocycles. The van der Waals surface area contributed by atoms with Crippen LogP contribution in [0.3, 0.4) is 0 Å². The quantitative estimate of drug-likeness (QED) is 0.685. The van der Waals surface area contributed by atoms with Crippen LogP contribution in [0.1, 0.15) is 19.4 Å². The minimum Gasteiger partial charge on any atom is -0.380 e. The molecule has 1 aromatic heterocycles. The predicted octanol–water partition coefficient (Wildman–Crippen LogP) is 1.82. The van der Waals surface area contributed by atoms with Crippen molar-refractivity contribution in [2.75, 3.05) is 31.2 Å². The van der Waals surface area contributed by atoms with Gasteiger partial charge in [-0.3, -0.25) is 0 Å².